The summed E-state index contributed by atoms with van der Waals surface area (Å²) in [4.78, 5) is 0. The average Bonchev–Trinajstić information content (AvgIpc) is 2.60. The number of hydrogen-bond donors (Lipinski definition) is 0. The first-order valence-corrected chi connectivity index (χ1v) is 8.05. The Balaban J connectivity index is 1.85. The molecule has 3 aromatic rings. The minimum Gasteiger partial charge on any atom is -0.206 e. The van der Waals surface area contributed by atoms with Gasteiger partial charge in [-0.05, 0) is 35.2 Å². The highest BCUT2D eigenvalue weighted by Gasteiger charge is 2.21. The standard InChI is InChI=1S/C22H16F4/c1-15-2-6-17(7-3-15)19-10-11-20(21(23)14-19)18-8-4-16(5-9-18)12-13-22(24,25)26/h2-14H,1H3/b13-12+. The van der Waals surface area contributed by atoms with Gasteiger partial charge < -0.3 is 0 Å². The lowest BCUT2D eigenvalue weighted by Crippen LogP contribution is -2.00. The second kappa shape index (κ2) is 7.16. The Bertz CT molecular complexity index is 918. The van der Waals surface area contributed by atoms with Crippen LogP contribution in [0.3, 0.4) is 0 Å². The summed E-state index contributed by atoms with van der Waals surface area (Å²) >= 11 is 0. The molecular weight excluding hydrogens is 340 g/mol. The zero-order chi connectivity index (χ0) is 18.7. The molecule has 26 heavy (non-hydrogen) atoms. The molecule has 0 radical (unpaired) electrons. The second-order valence-corrected chi connectivity index (χ2v) is 6.06. The predicted octanol–water partition coefficient (Wildman–Crippen LogP) is 7.04. The van der Waals surface area contributed by atoms with Gasteiger partial charge in [-0.15, -0.1) is 0 Å². The van der Waals surface area contributed by atoms with Gasteiger partial charge in [-0.3, -0.25) is 0 Å². The van der Waals surface area contributed by atoms with Crippen LogP contribution in [0.5, 0.6) is 0 Å². The maximum absolute atomic E-state index is 14.5. The Morgan fingerprint density at radius 2 is 1.31 bits per heavy atom. The molecule has 0 saturated carbocycles. The Hall–Kier alpha value is -2.88. The second-order valence-electron chi connectivity index (χ2n) is 6.06. The van der Waals surface area contributed by atoms with Gasteiger partial charge in [0.2, 0.25) is 0 Å². The Kier molecular flexibility index (Phi) is 4.94. The average molecular weight is 356 g/mol. The highest BCUT2D eigenvalue weighted by molar-refractivity contribution is 5.72. The maximum atomic E-state index is 14.5. The highest BCUT2D eigenvalue weighted by Crippen LogP contribution is 2.29. The summed E-state index contributed by atoms with van der Waals surface area (Å²) in [5.74, 6) is -0.373. The van der Waals surface area contributed by atoms with Crippen molar-refractivity contribution in [1.82, 2.24) is 0 Å². The Morgan fingerprint density at radius 1 is 0.731 bits per heavy atom. The number of aryl methyl sites for hydroxylation is 1. The molecule has 0 nitrogen and oxygen atoms in total. The summed E-state index contributed by atoms with van der Waals surface area (Å²) in [6, 6.07) is 19.1. The molecular formula is C22H16F4. The van der Waals surface area contributed by atoms with E-state index in [4.69, 9.17) is 0 Å². The van der Waals surface area contributed by atoms with E-state index in [2.05, 4.69) is 0 Å². The normalized spacial score (nSPS) is 11.9. The number of alkyl halides is 3. The van der Waals surface area contributed by atoms with E-state index in [0.717, 1.165) is 22.8 Å². The molecule has 0 heterocycles. The SMILES string of the molecule is Cc1ccc(-c2ccc(-c3ccc(/C=C/C(F)(F)F)cc3)c(F)c2)cc1. The molecule has 0 unspecified atom stereocenters. The highest BCUT2D eigenvalue weighted by atomic mass is 19.4. The molecule has 0 aliphatic carbocycles. The third-order valence-electron chi connectivity index (χ3n) is 4.04. The quantitative estimate of drug-likeness (QED) is 0.441. The van der Waals surface area contributed by atoms with Crippen LogP contribution in [0.25, 0.3) is 28.3 Å². The third-order valence-corrected chi connectivity index (χ3v) is 4.04. The van der Waals surface area contributed by atoms with Crippen molar-refractivity contribution in [3.05, 3.63) is 89.8 Å². The first-order chi connectivity index (χ1) is 12.3. The van der Waals surface area contributed by atoms with Crippen LogP contribution < -0.4 is 0 Å². The largest absolute Gasteiger partial charge is 0.409 e. The van der Waals surface area contributed by atoms with Gasteiger partial charge in [-0.25, -0.2) is 4.39 Å². The van der Waals surface area contributed by atoms with Gasteiger partial charge >= 0.3 is 6.18 Å². The van der Waals surface area contributed by atoms with Crippen LogP contribution in [0.1, 0.15) is 11.1 Å². The molecule has 0 aliphatic rings. The third kappa shape index (κ3) is 4.39. The van der Waals surface area contributed by atoms with E-state index in [1.807, 2.05) is 37.3 Å². The van der Waals surface area contributed by atoms with Crippen LogP contribution >= 0.6 is 0 Å². The lowest BCUT2D eigenvalue weighted by atomic mass is 9.98. The Labute approximate surface area is 149 Å². The molecule has 0 aromatic heterocycles. The number of rotatable bonds is 3. The molecule has 0 atom stereocenters. The van der Waals surface area contributed by atoms with E-state index < -0.39 is 6.18 Å². The topological polar surface area (TPSA) is 0 Å². The minimum absolute atomic E-state index is 0.180. The van der Waals surface area contributed by atoms with Crippen molar-refractivity contribution in [3.63, 3.8) is 0 Å². The summed E-state index contributed by atoms with van der Waals surface area (Å²) in [5, 5.41) is 0. The van der Waals surface area contributed by atoms with Crippen molar-refractivity contribution in [1.29, 1.82) is 0 Å². The molecule has 0 N–H and O–H groups in total. The van der Waals surface area contributed by atoms with Gasteiger partial charge in [0.15, 0.2) is 0 Å². The summed E-state index contributed by atoms with van der Waals surface area (Å²) in [5.41, 5.74) is 4.26. The lowest BCUT2D eigenvalue weighted by Gasteiger charge is -2.08. The first-order valence-electron chi connectivity index (χ1n) is 8.05. The molecule has 3 aromatic carbocycles. The summed E-state index contributed by atoms with van der Waals surface area (Å²) in [6.07, 6.45) is -3.18. The van der Waals surface area contributed by atoms with Crippen LogP contribution in [-0.4, -0.2) is 6.18 Å². The van der Waals surface area contributed by atoms with Crippen molar-refractivity contribution >= 4 is 6.08 Å². The van der Waals surface area contributed by atoms with Gasteiger partial charge in [0, 0.05) is 11.6 Å². The first kappa shape index (κ1) is 17.9. The summed E-state index contributed by atoms with van der Waals surface area (Å²) < 4.78 is 51.1. The fourth-order valence-corrected chi connectivity index (χ4v) is 2.64. The van der Waals surface area contributed by atoms with Gasteiger partial charge in [-0.1, -0.05) is 72.3 Å². The molecule has 0 saturated heterocycles. The van der Waals surface area contributed by atoms with Crippen molar-refractivity contribution in [2.24, 2.45) is 0 Å². The number of benzene rings is 3. The van der Waals surface area contributed by atoms with Crippen LogP contribution in [0, 0.1) is 12.7 Å². The van der Waals surface area contributed by atoms with E-state index in [0.29, 0.717) is 16.7 Å². The van der Waals surface area contributed by atoms with E-state index in [9.17, 15) is 17.6 Å². The van der Waals surface area contributed by atoms with Crippen molar-refractivity contribution in [3.8, 4) is 22.3 Å². The Morgan fingerprint density at radius 3 is 1.88 bits per heavy atom. The monoisotopic (exact) mass is 356 g/mol. The van der Waals surface area contributed by atoms with E-state index >= 15 is 0 Å². The van der Waals surface area contributed by atoms with Gasteiger partial charge in [0.05, 0.1) is 0 Å². The summed E-state index contributed by atoms with van der Waals surface area (Å²) in [7, 11) is 0. The van der Waals surface area contributed by atoms with Crippen molar-refractivity contribution < 1.29 is 17.6 Å². The molecule has 132 valence electrons. The zero-order valence-electron chi connectivity index (χ0n) is 14.0. The molecule has 4 heteroatoms. The van der Waals surface area contributed by atoms with Gasteiger partial charge in [0.25, 0.3) is 0 Å². The number of halogens is 4. The van der Waals surface area contributed by atoms with Crippen LogP contribution in [0.2, 0.25) is 0 Å². The van der Waals surface area contributed by atoms with Gasteiger partial charge in [0.1, 0.15) is 5.82 Å². The van der Waals surface area contributed by atoms with Crippen molar-refractivity contribution in [2.75, 3.05) is 0 Å². The van der Waals surface area contributed by atoms with Crippen LogP contribution in [0.15, 0.2) is 72.8 Å². The molecule has 0 fully saturated rings. The molecule has 0 bridgehead atoms. The van der Waals surface area contributed by atoms with E-state index in [1.54, 1.807) is 18.2 Å². The smallest absolute Gasteiger partial charge is 0.206 e. The molecule has 0 amide bonds. The number of allylic oxidation sites excluding steroid dienone is 1. The van der Waals surface area contributed by atoms with E-state index in [1.165, 1.54) is 18.2 Å². The van der Waals surface area contributed by atoms with Crippen molar-refractivity contribution in [2.45, 2.75) is 13.1 Å². The maximum Gasteiger partial charge on any atom is 0.409 e. The summed E-state index contributed by atoms with van der Waals surface area (Å²) in [6.45, 7) is 1.99. The fourth-order valence-electron chi connectivity index (χ4n) is 2.64. The zero-order valence-corrected chi connectivity index (χ0v) is 14.0. The van der Waals surface area contributed by atoms with Crippen LogP contribution in [0.4, 0.5) is 17.6 Å². The molecule has 0 spiro atoms. The van der Waals surface area contributed by atoms with E-state index in [-0.39, 0.29) is 11.9 Å². The predicted molar refractivity (Wildman–Crippen MR) is 97.1 cm³/mol. The minimum atomic E-state index is -4.35. The fraction of sp³-hybridized carbons (Fsp3) is 0.0909. The molecule has 0 aliphatic heterocycles. The molecule has 3 rings (SSSR count). The lowest BCUT2D eigenvalue weighted by molar-refractivity contribution is -0.0790. The number of hydrogen-bond acceptors (Lipinski definition) is 0. The van der Waals surface area contributed by atoms with Gasteiger partial charge in [-0.2, -0.15) is 13.2 Å². The van der Waals surface area contributed by atoms with Crippen LogP contribution in [-0.2, 0) is 0 Å².